The van der Waals surface area contributed by atoms with Crippen LogP contribution >= 0.6 is 0 Å². The number of nitrogens with one attached hydrogen (secondary N) is 1. The average Bonchev–Trinajstić information content (AvgIpc) is 2.17. The van der Waals surface area contributed by atoms with Crippen molar-refractivity contribution in [2.24, 2.45) is 0 Å². The topological polar surface area (TPSA) is 41.5 Å². The molecule has 0 aromatic heterocycles. The van der Waals surface area contributed by atoms with Gasteiger partial charge in [0.1, 0.15) is 11.5 Å². The largest absolute Gasteiger partial charge is 0.508 e. The summed E-state index contributed by atoms with van der Waals surface area (Å²) in [4.78, 5) is 0. The molecule has 1 aromatic carbocycles. The molecule has 0 aliphatic heterocycles. The van der Waals surface area contributed by atoms with Crippen LogP contribution in [0, 0.1) is 6.92 Å². The first kappa shape index (κ1) is 10.9. The standard InChI is InChI=1S/C11H17NO2/c1-7-5-10(13)9(8(2)12-3)6-11(7)14-4/h5-6,8,12-13H,1-4H3. The summed E-state index contributed by atoms with van der Waals surface area (Å²) < 4.78 is 5.20. The van der Waals surface area contributed by atoms with Gasteiger partial charge < -0.3 is 15.2 Å². The van der Waals surface area contributed by atoms with Crippen molar-refractivity contribution in [2.75, 3.05) is 14.2 Å². The van der Waals surface area contributed by atoms with Gasteiger partial charge in [-0.3, -0.25) is 0 Å². The molecule has 78 valence electrons. The Morgan fingerprint density at radius 2 is 2.07 bits per heavy atom. The van der Waals surface area contributed by atoms with Crippen molar-refractivity contribution in [3.8, 4) is 11.5 Å². The Kier molecular flexibility index (Phi) is 3.36. The molecule has 0 spiro atoms. The predicted octanol–water partition coefficient (Wildman–Crippen LogP) is 1.99. The van der Waals surface area contributed by atoms with E-state index in [1.807, 2.05) is 27.0 Å². The molecule has 0 saturated heterocycles. The summed E-state index contributed by atoms with van der Waals surface area (Å²) >= 11 is 0. The zero-order valence-corrected chi connectivity index (χ0v) is 9.09. The first-order valence-corrected chi connectivity index (χ1v) is 4.65. The molecule has 1 unspecified atom stereocenters. The van der Waals surface area contributed by atoms with Crippen LogP contribution in [0.1, 0.15) is 24.1 Å². The maximum absolute atomic E-state index is 9.72. The molecule has 0 radical (unpaired) electrons. The molecule has 1 aromatic rings. The van der Waals surface area contributed by atoms with Crippen LogP contribution in [0.5, 0.6) is 11.5 Å². The number of phenols is 1. The Morgan fingerprint density at radius 3 is 2.57 bits per heavy atom. The van der Waals surface area contributed by atoms with Crippen LogP contribution in [0.15, 0.2) is 12.1 Å². The van der Waals surface area contributed by atoms with Crippen molar-refractivity contribution in [2.45, 2.75) is 19.9 Å². The highest BCUT2D eigenvalue weighted by atomic mass is 16.5. The molecule has 0 saturated carbocycles. The van der Waals surface area contributed by atoms with Gasteiger partial charge in [0.2, 0.25) is 0 Å². The van der Waals surface area contributed by atoms with E-state index in [2.05, 4.69) is 5.32 Å². The smallest absolute Gasteiger partial charge is 0.122 e. The van der Waals surface area contributed by atoms with Crippen LogP contribution in [0.4, 0.5) is 0 Å². The Balaban J connectivity index is 3.17. The lowest BCUT2D eigenvalue weighted by Crippen LogP contribution is -2.12. The van der Waals surface area contributed by atoms with E-state index in [0.717, 1.165) is 16.9 Å². The normalized spacial score (nSPS) is 12.6. The SMILES string of the molecule is CNC(C)c1cc(OC)c(C)cc1O. The molecule has 14 heavy (non-hydrogen) atoms. The third-order valence-corrected chi connectivity index (χ3v) is 2.44. The summed E-state index contributed by atoms with van der Waals surface area (Å²) in [5.74, 6) is 1.12. The molecular weight excluding hydrogens is 178 g/mol. The van der Waals surface area contributed by atoms with Crippen LogP contribution in [0.3, 0.4) is 0 Å². The second-order valence-electron chi connectivity index (χ2n) is 3.39. The Labute approximate surface area is 84.7 Å². The lowest BCUT2D eigenvalue weighted by atomic mass is 10.0. The van der Waals surface area contributed by atoms with E-state index < -0.39 is 0 Å². The van der Waals surface area contributed by atoms with Crippen LogP contribution in [0.2, 0.25) is 0 Å². The number of aryl methyl sites for hydroxylation is 1. The van der Waals surface area contributed by atoms with Gasteiger partial charge in [-0.2, -0.15) is 0 Å². The molecule has 2 N–H and O–H groups in total. The minimum absolute atomic E-state index is 0.115. The molecule has 3 heteroatoms. The first-order chi connectivity index (χ1) is 6.60. The van der Waals surface area contributed by atoms with Gasteiger partial charge in [0, 0.05) is 11.6 Å². The predicted molar refractivity (Wildman–Crippen MR) is 56.9 cm³/mol. The number of methoxy groups -OCH3 is 1. The minimum Gasteiger partial charge on any atom is -0.508 e. The zero-order chi connectivity index (χ0) is 10.7. The molecule has 0 fully saturated rings. The summed E-state index contributed by atoms with van der Waals surface area (Å²) in [6.45, 7) is 3.90. The lowest BCUT2D eigenvalue weighted by molar-refractivity contribution is 0.405. The molecule has 1 rings (SSSR count). The fourth-order valence-corrected chi connectivity index (χ4v) is 1.41. The first-order valence-electron chi connectivity index (χ1n) is 4.65. The van der Waals surface area contributed by atoms with Crippen LogP contribution in [0.25, 0.3) is 0 Å². The number of ether oxygens (including phenoxy) is 1. The van der Waals surface area contributed by atoms with E-state index >= 15 is 0 Å². The number of rotatable bonds is 3. The molecule has 0 bridgehead atoms. The van der Waals surface area contributed by atoms with E-state index in [9.17, 15) is 5.11 Å². The summed E-state index contributed by atoms with van der Waals surface area (Å²) in [5, 5.41) is 12.8. The summed E-state index contributed by atoms with van der Waals surface area (Å²) in [5.41, 5.74) is 1.80. The third kappa shape index (κ3) is 1.99. The number of hydrogen-bond acceptors (Lipinski definition) is 3. The van der Waals surface area contributed by atoms with Crippen molar-refractivity contribution in [1.29, 1.82) is 0 Å². The highest BCUT2D eigenvalue weighted by molar-refractivity contribution is 5.46. The van der Waals surface area contributed by atoms with Gasteiger partial charge >= 0.3 is 0 Å². The summed E-state index contributed by atoms with van der Waals surface area (Å²) in [6, 6.07) is 3.71. The fourth-order valence-electron chi connectivity index (χ4n) is 1.41. The van der Waals surface area contributed by atoms with E-state index in [4.69, 9.17) is 4.74 Å². The van der Waals surface area contributed by atoms with Gasteiger partial charge in [-0.25, -0.2) is 0 Å². The van der Waals surface area contributed by atoms with Crippen LogP contribution < -0.4 is 10.1 Å². The number of phenolic OH excluding ortho intramolecular Hbond substituents is 1. The Hall–Kier alpha value is -1.22. The van der Waals surface area contributed by atoms with Crippen molar-refractivity contribution in [3.05, 3.63) is 23.3 Å². The van der Waals surface area contributed by atoms with Gasteiger partial charge in [0.15, 0.2) is 0 Å². The van der Waals surface area contributed by atoms with Crippen LogP contribution in [-0.4, -0.2) is 19.3 Å². The number of aromatic hydroxyl groups is 1. The minimum atomic E-state index is 0.115. The zero-order valence-electron chi connectivity index (χ0n) is 9.09. The lowest BCUT2D eigenvalue weighted by Gasteiger charge is -2.15. The Bertz CT molecular complexity index is 323. The molecule has 3 nitrogen and oxygen atoms in total. The monoisotopic (exact) mass is 195 g/mol. The maximum Gasteiger partial charge on any atom is 0.122 e. The summed E-state index contributed by atoms with van der Waals surface area (Å²) in [6.07, 6.45) is 0. The highest BCUT2D eigenvalue weighted by Crippen LogP contribution is 2.31. The van der Waals surface area contributed by atoms with E-state index in [-0.39, 0.29) is 6.04 Å². The van der Waals surface area contributed by atoms with Crippen molar-refractivity contribution in [3.63, 3.8) is 0 Å². The second-order valence-corrected chi connectivity index (χ2v) is 3.39. The van der Waals surface area contributed by atoms with Crippen molar-refractivity contribution >= 4 is 0 Å². The van der Waals surface area contributed by atoms with Crippen molar-refractivity contribution in [1.82, 2.24) is 5.32 Å². The average molecular weight is 195 g/mol. The third-order valence-electron chi connectivity index (χ3n) is 2.44. The van der Waals surface area contributed by atoms with Gasteiger partial charge in [-0.15, -0.1) is 0 Å². The fraction of sp³-hybridized carbons (Fsp3) is 0.455. The summed E-state index contributed by atoms with van der Waals surface area (Å²) in [7, 11) is 3.49. The number of hydrogen-bond donors (Lipinski definition) is 2. The van der Waals surface area contributed by atoms with E-state index in [1.54, 1.807) is 13.2 Å². The quantitative estimate of drug-likeness (QED) is 0.775. The van der Waals surface area contributed by atoms with Crippen LogP contribution in [-0.2, 0) is 0 Å². The van der Waals surface area contributed by atoms with Gasteiger partial charge in [0.25, 0.3) is 0 Å². The molecule has 0 amide bonds. The highest BCUT2D eigenvalue weighted by Gasteiger charge is 2.11. The molecule has 0 aliphatic carbocycles. The van der Waals surface area contributed by atoms with E-state index in [0.29, 0.717) is 5.75 Å². The molecule has 1 atom stereocenters. The Morgan fingerprint density at radius 1 is 1.43 bits per heavy atom. The molecule has 0 aliphatic rings. The second kappa shape index (κ2) is 4.33. The van der Waals surface area contributed by atoms with Gasteiger partial charge in [0.05, 0.1) is 7.11 Å². The van der Waals surface area contributed by atoms with Gasteiger partial charge in [-0.1, -0.05) is 0 Å². The number of benzene rings is 1. The van der Waals surface area contributed by atoms with Crippen molar-refractivity contribution < 1.29 is 9.84 Å². The maximum atomic E-state index is 9.72. The molecular formula is C11H17NO2. The van der Waals surface area contributed by atoms with Gasteiger partial charge in [-0.05, 0) is 38.6 Å². The van der Waals surface area contributed by atoms with E-state index in [1.165, 1.54) is 0 Å². The molecule has 0 heterocycles.